The van der Waals surface area contributed by atoms with Crippen LogP contribution >= 0.6 is 0 Å². The van der Waals surface area contributed by atoms with Crippen molar-refractivity contribution in [1.82, 2.24) is 9.55 Å². The van der Waals surface area contributed by atoms with E-state index < -0.39 is 0 Å². The number of hydrogen-bond acceptors (Lipinski definition) is 1. The van der Waals surface area contributed by atoms with E-state index in [1.807, 2.05) is 36.7 Å². The smallest absolute Gasteiger partial charge is 0.140 e. The number of aromatic nitrogens is 2. The van der Waals surface area contributed by atoms with E-state index in [0.717, 1.165) is 17.1 Å². The van der Waals surface area contributed by atoms with Crippen LogP contribution in [0.1, 0.15) is 5.69 Å². The minimum atomic E-state index is 0.932. The molecule has 2 rings (SSSR count). The number of rotatable bonds is 1. The molecule has 0 saturated heterocycles. The third-order valence-corrected chi connectivity index (χ3v) is 1.95. The highest BCUT2D eigenvalue weighted by Gasteiger charge is 2.03. The average molecular weight is 171 g/mol. The van der Waals surface area contributed by atoms with Crippen molar-refractivity contribution in [3.63, 3.8) is 0 Å². The molecule has 1 aromatic carbocycles. The minimum absolute atomic E-state index is 0.932. The summed E-state index contributed by atoms with van der Waals surface area (Å²) in [5, 5.41) is 0. The van der Waals surface area contributed by atoms with Crippen molar-refractivity contribution in [3.8, 4) is 11.4 Å². The molecule has 1 radical (unpaired) electrons. The van der Waals surface area contributed by atoms with Gasteiger partial charge >= 0.3 is 0 Å². The van der Waals surface area contributed by atoms with E-state index in [2.05, 4.69) is 23.3 Å². The number of benzene rings is 1. The zero-order chi connectivity index (χ0) is 9.26. The number of aryl methyl sites for hydroxylation is 2. The van der Waals surface area contributed by atoms with Gasteiger partial charge in [0.15, 0.2) is 0 Å². The first-order chi connectivity index (χ1) is 6.27. The SMILES string of the molecule is Cc1[c]n(C)c(-c2ccccc2)n1. The zero-order valence-electron chi connectivity index (χ0n) is 7.78. The van der Waals surface area contributed by atoms with Crippen LogP contribution in [0, 0.1) is 13.1 Å². The fourth-order valence-electron chi connectivity index (χ4n) is 1.40. The monoisotopic (exact) mass is 171 g/mol. The third kappa shape index (κ3) is 1.47. The first-order valence-electron chi connectivity index (χ1n) is 4.25. The first-order valence-corrected chi connectivity index (χ1v) is 4.25. The molecule has 1 heterocycles. The molecule has 65 valence electrons. The van der Waals surface area contributed by atoms with Crippen LogP contribution in [0.5, 0.6) is 0 Å². The molecule has 0 aliphatic heterocycles. The molecule has 0 amide bonds. The predicted octanol–water partition coefficient (Wildman–Crippen LogP) is 2.20. The summed E-state index contributed by atoms with van der Waals surface area (Å²) in [4.78, 5) is 4.39. The van der Waals surface area contributed by atoms with Crippen molar-refractivity contribution in [2.24, 2.45) is 7.05 Å². The Kier molecular flexibility index (Phi) is 1.89. The molecule has 0 unspecified atom stereocenters. The molecule has 0 N–H and O–H groups in total. The van der Waals surface area contributed by atoms with E-state index in [4.69, 9.17) is 0 Å². The molecule has 0 spiro atoms. The summed E-state index contributed by atoms with van der Waals surface area (Å²) in [6.07, 6.45) is 3.11. The molecule has 0 fully saturated rings. The Balaban J connectivity index is 2.53. The van der Waals surface area contributed by atoms with Gasteiger partial charge in [-0.2, -0.15) is 0 Å². The van der Waals surface area contributed by atoms with Gasteiger partial charge in [-0.25, -0.2) is 4.98 Å². The second kappa shape index (κ2) is 3.05. The fraction of sp³-hybridized carbons (Fsp3) is 0.182. The lowest BCUT2D eigenvalue weighted by Gasteiger charge is -1.99. The van der Waals surface area contributed by atoms with Crippen LogP contribution in [0.2, 0.25) is 0 Å². The minimum Gasteiger partial charge on any atom is -0.326 e. The predicted molar refractivity (Wildman–Crippen MR) is 52.2 cm³/mol. The molecule has 0 saturated carbocycles. The van der Waals surface area contributed by atoms with E-state index >= 15 is 0 Å². The quantitative estimate of drug-likeness (QED) is 0.643. The van der Waals surface area contributed by atoms with Crippen LogP contribution in [0.25, 0.3) is 11.4 Å². The summed E-state index contributed by atoms with van der Waals surface area (Å²) in [5.41, 5.74) is 2.07. The summed E-state index contributed by atoms with van der Waals surface area (Å²) in [6.45, 7) is 1.95. The molecule has 2 aromatic rings. The van der Waals surface area contributed by atoms with E-state index in [9.17, 15) is 0 Å². The fourth-order valence-corrected chi connectivity index (χ4v) is 1.40. The topological polar surface area (TPSA) is 17.8 Å². The van der Waals surface area contributed by atoms with Crippen molar-refractivity contribution < 1.29 is 0 Å². The van der Waals surface area contributed by atoms with Crippen LogP contribution in [-0.4, -0.2) is 9.55 Å². The van der Waals surface area contributed by atoms with Gasteiger partial charge in [-0.05, 0) is 6.92 Å². The summed E-state index contributed by atoms with van der Waals surface area (Å²) in [6, 6.07) is 10.1. The molecule has 2 nitrogen and oxygen atoms in total. The number of imidazole rings is 1. The standard InChI is InChI=1S/C11H11N2/c1-9-8-13(2)11(12-9)10-6-4-3-5-7-10/h3-7H,1-2H3. The molecule has 13 heavy (non-hydrogen) atoms. The van der Waals surface area contributed by atoms with Gasteiger partial charge in [0.2, 0.25) is 0 Å². The van der Waals surface area contributed by atoms with E-state index in [-0.39, 0.29) is 0 Å². The Hall–Kier alpha value is -1.57. The molecule has 0 aliphatic carbocycles. The molecule has 0 aliphatic rings. The highest BCUT2D eigenvalue weighted by molar-refractivity contribution is 5.55. The largest absolute Gasteiger partial charge is 0.326 e. The summed E-state index contributed by atoms with van der Waals surface area (Å²) in [5.74, 6) is 0.970. The number of nitrogens with zero attached hydrogens (tertiary/aromatic N) is 2. The third-order valence-electron chi connectivity index (χ3n) is 1.95. The highest BCUT2D eigenvalue weighted by Crippen LogP contribution is 2.16. The van der Waals surface area contributed by atoms with Gasteiger partial charge in [-0.15, -0.1) is 0 Å². The second-order valence-corrected chi connectivity index (χ2v) is 3.06. The molecular formula is C11H11N2. The van der Waals surface area contributed by atoms with Crippen LogP contribution in [0.3, 0.4) is 0 Å². The molecule has 2 heteroatoms. The molecule has 0 atom stereocenters. The van der Waals surface area contributed by atoms with Crippen molar-refractivity contribution in [3.05, 3.63) is 42.2 Å². The molecule has 0 bridgehead atoms. The summed E-state index contributed by atoms with van der Waals surface area (Å²) in [7, 11) is 1.96. The van der Waals surface area contributed by atoms with Gasteiger partial charge in [-0.3, -0.25) is 0 Å². The average Bonchev–Trinajstić information content (AvgIpc) is 2.47. The summed E-state index contributed by atoms with van der Waals surface area (Å²) < 4.78 is 1.92. The van der Waals surface area contributed by atoms with Crippen LogP contribution in [-0.2, 0) is 7.05 Å². The Morgan fingerprint density at radius 2 is 1.92 bits per heavy atom. The normalized spacial score (nSPS) is 10.3. The maximum absolute atomic E-state index is 4.39. The summed E-state index contributed by atoms with van der Waals surface area (Å²) >= 11 is 0. The van der Waals surface area contributed by atoms with Crippen LogP contribution in [0.15, 0.2) is 30.3 Å². The van der Waals surface area contributed by atoms with Crippen molar-refractivity contribution >= 4 is 0 Å². The van der Waals surface area contributed by atoms with Crippen LogP contribution < -0.4 is 0 Å². The van der Waals surface area contributed by atoms with Gasteiger partial charge in [0, 0.05) is 12.6 Å². The Bertz CT molecular complexity index is 401. The van der Waals surface area contributed by atoms with Gasteiger partial charge in [0.1, 0.15) is 5.82 Å². The van der Waals surface area contributed by atoms with E-state index in [1.165, 1.54) is 0 Å². The lowest BCUT2D eigenvalue weighted by atomic mass is 10.2. The Morgan fingerprint density at radius 1 is 1.23 bits per heavy atom. The van der Waals surface area contributed by atoms with Gasteiger partial charge in [-0.1, -0.05) is 30.3 Å². The maximum Gasteiger partial charge on any atom is 0.140 e. The lowest BCUT2D eigenvalue weighted by Crippen LogP contribution is -1.90. The van der Waals surface area contributed by atoms with E-state index in [0.29, 0.717) is 0 Å². The number of hydrogen-bond donors (Lipinski definition) is 0. The zero-order valence-corrected chi connectivity index (χ0v) is 7.78. The Morgan fingerprint density at radius 3 is 2.46 bits per heavy atom. The first kappa shape index (κ1) is 8.05. The highest BCUT2D eigenvalue weighted by atomic mass is 15.0. The van der Waals surface area contributed by atoms with Gasteiger partial charge < -0.3 is 4.57 Å². The maximum atomic E-state index is 4.39. The second-order valence-electron chi connectivity index (χ2n) is 3.06. The molecular weight excluding hydrogens is 160 g/mol. The lowest BCUT2D eigenvalue weighted by molar-refractivity contribution is 0.916. The Labute approximate surface area is 77.9 Å². The van der Waals surface area contributed by atoms with E-state index in [1.54, 1.807) is 0 Å². The van der Waals surface area contributed by atoms with Crippen molar-refractivity contribution in [2.75, 3.05) is 0 Å². The van der Waals surface area contributed by atoms with Gasteiger partial charge in [0.05, 0.1) is 11.9 Å². The van der Waals surface area contributed by atoms with Gasteiger partial charge in [0.25, 0.3) is 0 Å². The molecule has 1 aromatic heterocycles. The van der Waals surface area contributed by atoms with Crippen LogP contribution in [0.4, 0.5) is 0 Å². The van der Waals surface area contributed by atoms with Crippen molar-refractivity contribution in [2.45, 2.75) is 6.92 Å². The van der Waals surface area contributed by atoms with Crippen molar-refractivity contribution in [1.29, 1.82) is 0 Å².